The van der Waals surface area contributed by atoms with Gasteiger partial charge in [0.15, 0.2) is 11.5 Å². The summed E-state index contributed by atoms with van der Waals surface area (Å²) < 4.78 is 22.0. The summed E-state index contributed by atoms with van der Waals surface area (Å²) in [5.74, 6) is 2.47. The standard InChI is InChI=1S/C26H26N2O5/c1-30-21-10-7-18(8-11-21)9-12-25(29)28-13-14-33-26-20(17-28)15-19(16-23(26)31-2)22-5-4-6-24(27-22)32-3/h4-12,15-16H,13-14,17H2,1-3H3/b12-9+. The van der Waals surface area contributed by atoms with Crippen LogP contribution in [0.1, 0.15) is 11.1 Å². The van der Waals surface area contributed by atoms with E-state index in [1.165, 1.54) is 0 Å². The Morgan fingerprint density at radius 3 is 2.58 bits per heavy atom. The van der Waals surface area contributed by atoms with Crippen molar-refractivity contribution in [1.29, 1.82) is 0 Å². The number of fused-ring (bicyclic) bond motifs is 1. The van der Waals surface area contributed by atoms with Gasteiger partial charge in [0.1, 0.15) is 12.4 Å². The van der Waals surface area contributed by atoms with E-state index in [1.54, 1.807) is 44.4 Å². The third-order valence-electron chi connectivity index (χ3n) is 5.39. The monoisotopic (exact) mass is 446 g/mol. The molecule has 0 radical (unpaired) electrons. The molecule has 4 rings (SSSR count). The first-order valence-electron chi connectivity index (χ1n) is 10.6. The Hall–Kier alpha value is -4.00. The van der Waals surface area contributed by atoms with Gasteiger partial charge in [-0.2, -0.15) is 0 Å². The van der Waals surface area contributed by atoms with E-state index in [-0.39, 0.29) is 5.91 Å². The molecule has 0 spiro atoms. The zero-order chi connectivity index (χ0) is 23.2. The fourth-order valence-electron chi connectivity index (χ4n) is 3.65. The Bertz CT molecular complexity index is 1160. The maximum absolute atomic E-state index is 12.9. The molecule has 0 aliphatic carbocycles. The van der Waals surface area contributed by atoms with Crippen molar-refractivity contribution in [2.75, 3.05) is 34.5 Å². The predicted molar refractivity (Wildman–Crippen MR) is 126 cm³/mol. The fourth-order valence-corrected chi connectivity index (χ4v) is 3.65. The third-order valence-corrected chi connectivity index (χ3v) is 5.39. The highest BCUT2D eigenvalue weighted by molar-refractivity contribution is 5.92. The number of pyridine rings is 1. The van der Waals surface area contributed by atoms with Crippen molar-refractivity contribution in [3.05, 3.63) is 71.8 Å². The van der Waals surface area contributed by atoms with Crippen molar-refractivity contribution in [3.63, 3.8) is 0 Å². The molecule has 1 aromatic heterocycles. The van der Waals surface area contributed by atoms with Crippen molar-refractivity contribution in [2.45, 2.75) is 6.54 Å². The number of ether oxygens (including phenoxy) is 4. The molecule has 0 saturated heterocycles. The molecular weight excluding hydrogens is 420 g/mol. The first kappa shape index (κ1) is 22.2. The molecule has 7 heteroatoms. The number of amides is 1. The van der Waals surface area contributed by atoms with E-state index in [1.807, 2.05) is 48.5 Å². The lowest BCUT2D eigenvalue weighted by Gasteiger charge is -2.18. The van der Waals surface area contributed by atoms with Crippen LogP contribution in [0.2, 0.25) is 0 Å². The number of hydrogen-bond acceptors (Lipinski definition) is 6. The number of benzene rings is 2. The van der Waals surface area contributed by atoms with Crippen LogP contribution in [0, 0.1) is 0 Å². The summed E-state index contributed by atoms with van der Waals surface area (Å²) in [6.07, 6.45) is 3.38. The minimum Gasteiger partial charge on any atom is -0.497 e. The van der Waals surface area contributed by atoms with Crippen LogP contribution in [0.15, 0.2) is 60.7 Å². The molecule has 2 aromatic carbocycles. The van der Waals surface area contributed by atoms with Gasteiger partial charge in [-0.15, -0.1) is 0 Å². The molecule has 33 heavy (non-hydrogen) atoms. The number of carbonyl (C=O) groups excluding carboxylic acids is 1. The van der Waals surface area contributed by atoms with Crippen LogP contribution in [0.3, 0.4) is 0 Å². The molecule has 0 unspecified atom stereocenters. The molecule has 1 amide bonds. The summed E-state index contributed by atoms with van der Waals surface area (Å²) >= 11 is 0. The number of rotatable bonds is 6. The highest BCUT2D eigenvalue weighted by Gasteiger charge is 2.23. The van der Waals surface area contributed by atoms with Gasteiger partial charge in [-0.05, 0) is 42.0 Å². The molecule has 170 valence electrons. The lowest BCUT2D eigenvalue weighted by Crippen LogP contribution is -2.30. The predicted octanol–water partition coefficient (Wildman–Crippen LogP) is 4.21. The highest BCUT2D eigenvalue weighted by atomic mass is 16.5. The second-order valence-corrected chi connectivity index (χ2v) is 7.45. The Morgan fingerprint density at radius 1 is 1.03 bits per heavy atom. The van der Waals surface area contributed by atoms with Crippen molar-refractivity contribution in [1.82, 2.24) is 9.88 Å². The summed E-state index contributed by atoms with van der Waals surface area (Å²) in [5, 5.41) is 0. The van der Waals surface area contributed by atoms with Gasteiger partial charge < -0.3 is 23.8 Å². The zero-order valence-corrected chi connectivity index (χ0v) is 18.9. The van der Waals surface area contributed by atoms with E-state index in [0.717, 1.165) is 28.1 Å². The largest absolute Gasteiger partial charge is 0.497 e. The van der Waals surface area contributed by atoms with Gasteiger partial charge in [-0.25, -0.2) is 4.98 Å². The second kappa shape index (κ2) is 10.1. The topological polar surface area (TPSA) is 70.1 Å². The van der Waals surface area contributed by atoms with E-state index >= 15 is 0 Å². The molecule has 7 nitrogen and oxygen atoms in total. The number of hydrogen-bond donors (Lipinski definition) is 0. The molecular formula is C26H26N2O5. The third kappa shape index (κ3) is 5.09. The van der Waals surface area contributed by atoms with Crippen LogP contribution in [0.25, 0.3) is 17.3 Å². The normalized spacial score (nSPS) is 13.1. The molecule has 1 aliphatic rings. The fraction of sp³-hybridized carbons (Fsp3) is 0.231. The van der Waals surface area contributed by atoms with Crippen molar-refractivity contribution >= 4 is 12.0 Å². The van der Waals surface area contributed by atoms with Crippen LogP contribution >= 0.6 is 0 Å². The Kier molecular flexibility index (Phi) is 6.78. The quantitative estimate of drug-likeness (QED) is 0.529. The summed E-state index contributed by atoms with van der Waals surface area (Å²) in [6, 6.07) is 17.0. The van der Waals surface area contributed by atoms with Crippen LogP contribution in [-0.4, -0.2) is 50.3 Å². The van der Waals surface area contributed by atoms with Gasteiger partial charge in [-0.1, -0.05) is 18.2 Å². The van der Waals surface area contributed by atoms with Gasteiger partial charge in [0, 0.05) is 29.8 Å². The molecule has 0 bridgehead atoms. The zero-order valence-electron chi connectivity index (χ0n) is 18.9. The van der Waals surface area contributed by atoms with Gasteiger partial charge in [0.2, 0.25) is 11.8 Å². The van der Waals surface area contributed by atoms with Crippen LogP contribution in [-0.2, 0) is 11.3 Å². The second-order valence-electron chi connectivity index (χ2n) is 7.45. The van der Waals surface area contributed by atoms with Gasteiger partial charge >= 0.3 is 0 Å². The Balaban J connectivity index is 1.59. The number of nitrogens with zero attached hydrogens (tertiary/aromatic N) is 2. The minimum atomic E-state index is -0.0915. The Morgan fingerprint density at radius 2 is 1.85 bits per heavy atom. The lowest BCUT2D eigenvalue weighted by atomic mass is 10.0. The van der Waals surface area contributed by atoms with Gasteiger partial charge in [0.25, 0.3) is 0 Å². The summed E-state index contributed by atoms with van der Waals surface area (Å²) in [6.45, 7) is 1.24. The highest BCUT2D eigenvalue weighted by Crippen LogP contribution is 2.38. The molecule has 2 heterocycles. The Labute approximate surface area is 193 Å². The maximum Gasteiger partial charge on any atom is 0.246 e. The average molecular weight is 447 g/mol. The summed E-state index contributed by atoms with van der Waals surface area (Å²) in [4.78, 5) is 19.2. The van der Waals surface area contributed by atoms with Crippen LogP contribution in [0.5, 0.6) is 23.1 Å². The van der Waals surface area contributed by atoms with E-state index in [9.17, 15) is 4.79 Å². The van der Waals surface area contributed by atoms with Gasteiger partial charge in [-0.3, -0.25) is 4.79 Å². The molecule has 3 aromatic rings. The average Bonchev–Trinajstić information content (AvgIpc) is 3.09. The van der Waals surface area contributed by atoms with Crippen molar-refractivity contribution in [3.8, 4) is 34.4 Å². The molecule has 0 N–H and O–H groups in total. The van der Waals surface area contributed by atoms with Gasteiger partial charge in [0.05, 0.1) is 33.6 Å². The van der Waals surface area contributed by atoms with E-state index in [0.29, 0.717) is 37.1 Å². The van der Waals surface area contributed by atoms with Crippen LogP contribution in [0.4, 0.5) is 0 Å². The van der Waals surface area contributed by atoms with E-state index < -0.39 is 0 Å². The maximum atomic E-state index is 12.9. The first-order chi connectivity index (χ1) is 16.1. The number of aromatic nitrogens is 1. The van der Waals surface area contributed by atoms with E-state index in [4.69, 9.17) is 18.9 Å². The van der Waals surface area contributed by atoms with Crippen molar-refractivity contribution in [2.24, 2.45) is 0 Å². The van der Waals surface area contributed by atoms with Crippen molar-refractivity contribution < 1.29 is 23.7 Å². The summed E-state index contributed by atoms with van der Waals surface area (Å²) in [5.41, 5.74) is 3.38. The molecule has 0 saturated carbocycles. The molecule has 1 aliphatic heterocycles. The lowest BCUT2D eigenvalue weighted by molar-refractivity contribution is -0.126. The smallest absolute Gasteiger partial charge is 0.246 e. The first-order valence-corrected chi connectivity index (χ1v) is 10.6. The van der Waals surface area contributed by atoms with Crippen LogP contribution < -0.4 is 18.9 Å². The number of methoxy groups -OCH3 is 3. The SMILES string of the molecule is COc1ccc(/C=C/C(=O)N2CCOc3c(cc(-c4cccc(OC)n4)cc3OC)C2)cc1. The van der Waals surface area contributed by atoms with E-state index in [2.05, 4.69) is 4.98 Å². The molecule has 0 fully saturated rings. The minimum absolute atomic E-state index is 0.0915. The number of carbonyl (C=O) groups is 1. The summed E-state index contributed by atoms with van der Waals surface area (Å²) in [7, 11) is 4.81. The molecule has 0 atom stereocenters.